The van der Waals surface area contributed by atoms with Gasteiger partial charge in [0, 0.05) is 10.0 Å². The number of sulfonamides is 2. The Morgan fingerprint density at radius 3 is 2.33 bits per heavy atom. The SMILES string of the molecule is COc1ccccc1NS(=O)(=O)c1cccc(C(=O)NNS(=O)(=O)c2cc3[nH]c(=O)[nH]c3cc2Br)c1. The van der Waals surface area contributed by atoms with Gasteiger partial charge < -0.3 is 14.7 Å². The van der Waals surface area contributed by atoms with E-state index in [9.17, 15) is 26.4 Å². The van der Waals surface area contributed by atoms with Crippen LogP contribution in [-0.4, -0.2) is 39.8 Å². The van der Waals surface area contributed by atoms with Crippen molar-refractivity contribution < 1.29 is 26.4 Å². The van der Waals surface area contributed by atoms with Gasteiger partial charge in [0.25, 0.3) is 26.0 Å². The molecule has 3 aromatic carbocycles. The Hall–Kier alpha value is -3.66. The van der Waals surface area contributed by atoms with E-state index < -0.39 is 31.6 Å². The number of para-hydroxylation sites is 2. The summed E-state index contributed by atoms with van der Waals surface area (Å²) in [5.41, 5.74) is 2.25. The van der Waals surface area contributed by atoms with Gasteiger partial charge in [0.05, 0.1) is 28.7 Å². The van der Waals surface area contributed by atoms with Gasteiger partial charge in [-0.2, -0.15) is 0 Å². The third-order valence-electron chi connectivity index (χ3n) is 4.91. The number of hydrogen-bond donors (Lipinski definition) is 5. The lowest BCUT2D eigenvalue weighted by Gasteiger charge is -2.13. The lowest BCUT2D eigenvalue weighted by Crippen LogP contribution is -2.41. The summed E-state index contributed by atoms with van der Waals surface area (Å²) in [7, 11) is -6.98. The van der Waals surface area contributed by atoms with Crippen LogP contribution in [0, 0.1) is 0 Å². The molecule has 36 heavy (non-hydrogen) atoms. The van der Waals surface area contributed by atoms with Crippen LogP contribution < -0.4 is 25.4 Å². The molecule has 188 valence electrons. The first-order valence-corrected chi connectivity index (χ1v) is 13.8. The van der Waals surface area contributed by atoms with Gasteiger partial charge in [0.15, 0.2) is 0 Å². The van der Waals surface area contributed by atoms with Gasteiger partial charge in [-0.05, 0) is 58.4 Å². The molecule has 0 saturated heterocycles. The van der Waals surface area contributed by atoms with Crippen LogP contribution in [0.3, 0.4) is 0 Å². The first-order valence-electron chi connectivity index (χ1n) is 10.00. The molecule has 1 aromatic heterocycles. The molecule has 0 saturated carbocycles. The number of H-pyrrole nitrogens is 2. The number of fused-ring (bicyclic) bond motifs is 1. The molecule has 0 fully saturated rings. The number of benzene rings is 3. The maximum absolute atomic E-state index is 12.9. The quantitative estimate of drug-likeness (QED) is 0.193. The molecule has 0 aliphatic carbocycles. The van der Waals surface area contributed by atoms with Crippen LogP contribution in [0.25, 0.3) is 11.0 Å². The number of anilines is 1. The summed E-state index contributed by atoms with van der Waals surface area (Å²) in [6.45, 7) is 0. The second-order valence-electron chi connectivity index (χ2n) is 7.30. The van der Waals surface area contributed by atoms with E-state index in [2.05, 4.69) is 36.0 Å². The number of amides is 1. The van der Waals surface area contributed by atoms with Crippen molar-refractivity contribution in [1.29, 1.82) is 0 Å². The number of hydrogen-bond acceptors (Lipinski definition) is 7. The largest absolute Gasteiger partial charge is 0.495 e. The molecule has 12 nitrogen and oxygen atoms in total. The molecule has 0 radical (unpaired) electrons. The van der Waals surface area contributed by atoms with E-state index in [1.165, 1.54) is 43.5 Å². The van der Waals surface area contributed by atoms with Crippen molar-refractivity contribution >= 4 is 58.6 Å². The number of aromatic amines is 2. The smallest absolute Gasteiger partial charge is 0.323 e. The number of nitrogens with one attached hydrogen (secondary N) is 5. The average molecular weight is 596 g/mol. The molecule has 0 bridgehead atoms. The highest BCUT2D eigenvalue weighted by Crippen LogP contribution is 2.27. The van der Waals surface area contributed by atoms with Gasteiger partial charge in [-0.1, -0.05) is 18.2 Å². The van der Waals surface area contributed by atoms with Gasteiger partial charge in [-0.3, -0.25) is 14.9 Å². The molecule has 4 rings (SSSR count). The summed E-state index contributed by atoms with van der Waals surface area (Å²) >= 11 is 3.13. The van der Waals surface area contributed by atoms with E-state index in [-0.39, 0.29) is 31.0 Å². The third kappa shape index (κ3) is 5.28. The Balaban J connectivity index is 1.53. The van der Waals surface area contributed by atoms with Crippen LogP contribution in [0.2, 0.25) is 0 Å². The number of aromatic nitrogens is 2. The summed E-state index contributed by atoms with van der Waals surface area (Å²) in [6.07, 6.45) is 0. The van der Waals surface area contributed by atoms with Crippen LogP contribution in [0.15, 0.2) is 79.7 Å². The Morgan fingerprint density at radius 2 is 1.61 bits per heavy atom. The van der Waals surface area contributed by atoms with Crippen LogP contribution in [0.4, 0.5) is 5.69 Å². The fourth-order valence-corrected chi connectivity index (χ4v) is 6.24. The highest BCUT2D eigenvalue weighted by molar-refractivity contribution is 9.10. The summed E-state index contributed by atoms with van der Waals surface area (Å²) in [4.78, 5) is 30.5. The number of carbonyl (C=O) groups excluding carboxylic acids is 1. The number of methoxy groups -OCH3 is 1. The second kappa shape index (κ2) is 9.77. The predicted molar refractivity (Wildman–Crippen MR) is 135 cm³/mol. The van der Waals surface area contributed by atoms with Gasteiger partial charge in [0.1, 0.15) is 10.6 Å². The summed E-state index contributed by atoms with van der Waals surface area (Å²) in [5.74, 6) is -0.599. The van der Waals surface area contributed by atoms with Gasteiger partial charge in [-0.25, -0.2) is 21.6 Å². The zero-order valence-electron chi connectivity index (χ0n) is 18.3. The first kappa shape index (κ1) is 25.4. The molecule has 0 aliphatic heterocycles. The molecule has 15 heteroatoms. The summed E-state index contributed by atoms with van der Waals surface area (Å²) in [6, 6.07) is 14.0. The monoisotopic (exact) mass is 595 g/mol. The fraction of sp³-hybridized carbons (Fsp3) is 0.0476. The molecule has 5 N–H and O–H groups in total. The van der Waals surface area contributed by atoms with Crippen LogP contribution >= 0.6 is 15.9 Å². The minimum absolute atomic E-state index is 0.120. The second-order valence-corrected chi connectivity index (χ2v) is 11.5. The first-order chi connectivity index (χ1) is 17.0. The van der Waals surface area contributed by atoms with E-state index in [0.29, 0.717) is 11.3 Å². The maximum atomic E-state index is 12.9. The number of ether oxygens (including phenoxy) is 1. The molecule has 1 heterocycles. The van der Waals surface area contributed by atoms with Crippen molar-refractivity contribution in [3.8, 4) is 5.75 Å². The summed E-state index contributed by atoms with van der Waals surface area (Å²) < 4.78 is 58.9. The minimum atomic E-state index is -4.27. The Kier molecular flexibility index (Phi) is 6.90. The predicted octanol–water partition coefficient (Wildman–Crippen LogP) is 2.05. The highest BCUT2D eigenvalue weighted by Gasteiger charge is 2.22. The van der Waals surface area contributed by atoms with Crippen LogP contribution in [0.1, 0.15) is 10.4 Å². The third-order valence-corrected chi connectivity index (χ3v) is 8.48. The van der Waals surface area contributed by atoms with Gasteiger partial charge in [-0.15, -0.1) is 4.83 Å². The van der Waals surface area contributed by atoms with Crippen molar-refractivity contribution in [2.45, 2.75) is 9.79 Å². The molecular weight excluding hydrogens is 578 g/mol. The average Bonchev–Trinajstić information content (AvgIpc) is 3.21. The topological polar surface area (TPSA) is 179 Å². The number of hydrazine groups is 1. The standard InChI is InChI=1S/C21H18BrN5O7S2/c1-34-18-8-3-2-7-15(18)26-35(30,31)13-6-4-5-12(9-13)20(28)25-27-36(32,33)19-11-17-16(10-14(19)22)23-21(29)24-17/h2-11,26-27H,1H3,(H,25,28)(H2,23,24,29). The van der Waals surface area contributed by atoms with Crippen molar-refractivity contribution in [2.75, 3.05) is 11.8 Å². The zero-order chi connectivity index (χ0) is 26.1. The Morgan fingerprint density at radius 1 is 0.917 bits per heavy atom. The molecule has 4 aromatic rings. The number of halogens is 1. The molecule has 0 aliphatic rings. The fourth-order valence-electron chi connectivity index (χ4n) is 3.22. The Labute approximate surface area is 213 Å². The summed E-state index contributed by atoms with van der Waals surface area (Å²) in [5, 5.41) is 0. The molecule has 0 spiro atoms. The van der Waals surface area contributed by atoms with E-state index in [1.807, 2.05) is 4.83 Å². The lowest BCUT2D eigenvalue weighted by atomic mass is 10.2. The number of carbonyl (C=O) groups is 1. The zero-order valence-corrected chi connectivity index (χ0v) is 21.5. The highest BCUT2D eigenvalue weighted by atomic mass is 79.9. The minimum Gasteiger partial charge on any atom is -0.495 e. The van der Waals surface area contributed by atoms with Crippen molar-refractivity contribution in [1.82, 2.24) is 20.2 Å². The van der Waals surface area contributed by atoms with Crippen LogP contribution in [0.5, 0.6) is 5.75 Å². The van der Waals surface area contributed by atoms with Gasteiger partial charge >= 0.3 is 5.69 Å². The van der Waals surface area contributed by atoms with Crippen molar-refractivity contribution in [3.63, 3.8) is 0 Å². The van der Waals surface area contributed by atoms with E-state index in [0.717, 1.165) is 6.07 Å². The Bertz CT molecular complexity index is 1750. The number of rotatable bonds is 8. The van der Waals surface area contributed by atoms with Crippen molar-refractivity contribution in [3.05, 3.63) is 81.2 Å². The van der Waals surface area contributed by atoms with Crippen LogP contribution in [-0.2, 0) is 20.0 Å². The van der Waals surface area contributed by atoms with E-state index in [1.54, 1.807) is 18.2 Å². The van der Waals surface area contributed by atoms with Gasteiger partial charge in [0.2, 0.25) is 0 Å². The van der Waals surface area contributed by atoms with E-state index in [4.69, 9.17) is 4.74 Å². The maximum Gasteiger partial charge on any atom is 0.323 e. The number of imidazole rings is 1. The van der Waals surface area contributed by atoms with E-state index >= 15 is 0 Å². The lowest BCUT2D eigenvalue weighted by molar-refractivity contribution is 0.0945. The molecule has 0 atom stereocenters. The molecular formula is C21H18BrN5O7S2. The molecule has 0 unspecified atom stereocenters. The van der Waals surface area contributed by atoms with Crippen molar-refractivity contribution in [2.24, 2.45) is 0 Å². The normalized spacial score (nSPS) is 11.8. The molecule has 1 amide bonds.